The van der Waals surface area contributed by atoms with Gasteiger partial charge in [-0.15, -0.1) is 0 Å². The summed E-state index contributed by atoms with van der Waals surface area (Å²) in [6, 6.07) is 0. The third kappa shape index (κ3) is 2.68. The molecule has 0 aromatic carbocycles. The lowest BCUT2D eigenvalue weighted by molar-refractivity contribution is -0.0535. The van der Waals surface area contributed by atoms with E-state index in [1.165, 1.54) is 0 Å². The fraction of sp³-hybridized carbons (Fsp3) is 1.00. The second-order valence-corrected chi connectivity index (χ2v) is 4.06. The van der Waals surface area contributed by atoms with Gasteiger partial charge in [0.05, 0.1) is 12.7 Å². The third-order valence-electron chi connectivity index (χ3n) is 3.53. The first-order valence-corrected chi connectivity index (χ1v) is 5.36. The Morgan fingerprint density at radius 2 is 1.62 bits per heavy atom. The maximum absolute atomic E-state index is 10.1. The molecule has 0 rings (SSSR count). The summed E-state index contributed by atoms with van der Waals surface area (Å²) in [5, 5.41) is 19.4. The summed E-state index contributed by atoms with van der Waals surface area (Å²) in [4.78, 5) is 0. The summed E-state index contributed by atoms with van der Waals surface area (Å²) >= 11 is 0. The maximum atomic E-state index is 10.1. The zero-order valence-corrected chi connectivity index (χ0v) is 9.38. The Labute approximate surface area is 82.0 Å². The van der Waals surface area contributed by atoms with Gasteiger partial charge in [-0.25, -0.2) is 0 Å². The lowest BCUT2D eigenvalue weighted by Gasteiger charge is -2.37. The number of aliphatic hydroxyl groups excluding tert-OH is 2. The van der Waals surface area contributed by atoms with Crippen LogP contribution in [0.5, 0.6) is 0 Å². The van der Waals surface area contributed by atoms with Crippen LogP contribution in [0.4, 0.5) is 0 Å². The van der Waals surface area contributed by atoms with Gasteiger partial charge in [-0.3, -0.25) is 0 Å². The molecule has 0 aromatic rings. The summed E-state index contributed by atoms with van der Waals surface area (Å²) in [5.41, 5.74) is -0.282. The van der Waals surface area contributed by atoms with Crippen molar-refractivity contribution in [2.24, 2.45) is 11.3 Å². The van der Waals surface area contributed by atoms with Gasteiger partial charge in [0.15, 0.2) is 0 Å². The minimum atomic E-state index is -0.377. The lowest BCUT2D eigenvalue weighted by Crippen LogP contribution is -2.41. The number of hydrogen-bond donors (Lipinski definition) is 2. The van der Waals surface area contributed by atoms with Gasteiger partial charge in [0.1, 0.15) is 0 Å². The second-order valence-electron chi connectivity index (χ2n) is 4.06. The summed E-state index contributed by atoms with van der Waals surface area (Å²) in [6.07, 6.45) is 2.26. The summed E-state index contributed by atoms with van der Waals surface area (Å²) in [5.74, 6) is 0.270. The summed E-state index contributed by atoms with van der Waals surface area (Å²) < 4.78 is 0. The Hall–Kier alpha value is -0.0800. The van der Waals surface area contributed by atoms with Gasteiger partial charge in [-0.1, -0.05) is 34.1 Å². The topological polar surface area (TPSA) is 40.5 Å². The fourth-order valence-corrected chi connectivity index (χ4v) is 1.81. The Morgan fingerprint density at radius 3 is 1.85 bits per heavy atom. The van der Waals surface area contributed by atoms with Crippen LogP contribution in [-0.2, 0) is 0 Å². The highest BCUT2D eigenvalue weighted by Crippen LogP contribution is 2.34. The smallest absolute Gasteiger partial charge is 0.0643 e. The van der Waals surface area contributed by atoms with Crippen LogP contribution >= 0.6 is 0 Å². The van der Waals surface area contributed by atoms with E-state index in [0.29, 0.717) is 0 Å². The minimum absolute atomic E-state index is 0.0888. The van der Waals surface area contributed by atoms with E-state index < -0.39 is 0 Å². The zero-order valence-electron chi connectivity index (χ0n) is 9.38. The Kier molecular flexibility index (Phi) is 5.57. The normalized spacial score (nSPS) is 17.1. The number of hydrogen-bond acceptors (Lipinski definition) is 2. The Bertz CT molecular complexity index is 122. The molecule has 2 nitrogen and oxygen atoms in total. The van der Waals surface area contributed by atoms with Gasteiger partial charge in [0.25, 0.3) is 0 Å². The van der Waals surface area contributed by atoms with Crippen molar-refractivity contribution < 1.29 is 10.2 Å². The molecular formula is C11H24O2. The van der Waals surface area contributed by atoms with Crippen LogP contribution in [0.2, 0.25) is 0 Å². The van der Waals surface area contributed by atoms with E-state index in [1.807, 2.05) is 20.8 Å². The van der Waals surface area contributed by atoms with Crippen LogP contribution in [0.25, 0.3) is 0 Å². The predicted molar refractivity (Wildman–Crippen MR) is 55.6 cm³/mol. The van der Waals surface area contributed by atoms with Crippen molar-refractivity contribution in [3.63, 3.8) is 0 Å². The van der Waals surface area contributed by atoms with E-state index in [-0.39, 0.29) is 24.0 Å². The average Bonchev–Trinajstić information content (AvgIpc) is 2.20. The van der Waals surface area contributed by atoms with Crippen molar-refractivity contribution in [3.8, 4) is 0 Å². The second kappa shape index (κ2) is 5.61. The van der Waals surface area contributed by atoms with Crippen LogP contribution in [0.1, 0.15) is 47.0 Å². The van der Waals surface area contributed by atoms with Crippen LogP contribution in [-0.4, -0.2) is 22.9 Å². The molecule has 0 heterocycles. The van der Waals surface area contributed by atoms with E-state index in [9.17, 15) is 10.2 Å². The highest BCUT2D eigenvalue weighted by molar-refractivity contribution is 4.86. The molecule has 2 atom stereocenters. The lowest BCUT2D eigenvalue weighted by atomic mass is 9.73. The fourth-order valence-electron chi connectivity index (χ4n) is 1.81. The van der Waals surface area contributed by atoms with Crippen molar-refractivity contribution in [2.45, 2.75) is 53.1 Å². The van der Waals surface area contributed by atoms with E-state index in [0.717, 1.165) is 19.3 Å². The molecule has 0 radical (unpaired) electrons. The summed E-state index contributed by atoms with van der Waals surface area (Å²) in [6.45, 7) is 8.27. The largest absolute Gasteiger partial charge is 0.396 e. The Balaban J connectivity index is 4.52. The first-order valence-electron chi connectivity index (χ1n) is 5.36. The van der Waals surface area contributed by atoms with E-state index in [1.54, 1.807) is 0 Å². The van der Waals surface area contributed by atoms with E-state index in [4.69, 9.17) is 0 Å². The number of rotatable bonds is 6. The molecule has 2 heteroatoms. The molecule has 0 aromatic heterocycles. The summed E-state index contributed by atoms with van der Waals surface area (Å²) in [7, 11) is 0. The van der Waals surface area contributed by atoms with Gasteiger partial charge < -0.3 is 10.2 Å². The molecule has 0 aliphatic rings. The molecule has 0 saturated heterocycles. The first-order chi connectivity index (χ1) is 6.07. The maximum Gasteiger partial charge on any atom is 0.0643 e. The minimum Gasteiger partial charge on any atom is -0.396 e. The van der Waals surface area contributed by atoms with Crippen molar-refractivity contribution in [1.82, 2.24) is 0 Å². The Morgan fingerprint density at radius 1 is 1.15 bits per heavy atom. The van der Waals surface area contributed by atoms with Crippen LogP contribution < -0.4 is 0 Å². The highest BCUT2D eigenvalue weighted by Gasteiger charge is 2.36. The van der Waals surface area contributed by atoms with E-state index in [2.05, 4.69) is 6.92 Å². The third-order valence-corrected chi connectivity index (χ3v) is 3.53. The van der Waals surface area contributed by atoms with Crippen LogP contribution in [0.15, 0.2) is 0 Å². The molecule has 13 heavy (non-hydrogen) atoms. The van der Waals surface area contributed by atoms with Crippen LogP contribution in [0, 0.1) is 11.3 Å². The van der Waals surface area contributed by atoms with E-state index >= 15 is 0 Å². The van der Waals surface area contributed by atoms with Gasteiger partial charge in [-0.2, -0.15) is 0 Å². The standard InChI is InChI=1S/C11H24O2/c1-5-9(4)10(13)11(6-2,7-3)8-12/h9-10,12-13H,5-8H2,1-4H3. The van der Waals surface area contributed by atoms with Crippen LogP contribution in [0.3, 0.4) is 0 Å². The van der Waals surface area contributed by atoms with Gasteiger partial charge >= 0.3 is 0 Å². The molecule has 0 aliphatic heterocycles. The quantitative estimate of drug-likeness (QED) is 0.671. The first kappa shape index (κ1) is 12.9. The molecule has 2 N–H and O–H groups in total. The zero-order chi connectivity index (χ0) is 10.5. The average molecular weight is 188 g/mol. The molecule has 2 unspecified atom stereocenters. The molecule has 0 fully saturated rings. The molecule has 0 spiro atoms. The van der Waals surface area contributed by atoms with Crippen molar-refractivity contribution >= 4 is 0 Å². The van der Waals surface area contributed by atoms with Gasteiger partial charge in [-0.05, 0) is 18.8 Å². The monoisotopic (exact) mass is 188 g/mol. The highest BCUT2D eigenvalue weighted by atomic mass is 16.3. The van der Waals surface area contributed by atoms with Gasteiger partial charge in [0, 0.05) is 5.41 Å². The predicted octanol–water partition coefficient (Wildman–Crippen LogP) is 2.19. The molecule has 0 bridgehead atoms. The SMILES string of the molecule is CCC(C)C(O)C(CC)(CC)CO. The molecule has 80 valence electrons. The van der Waals surface area contributed by atoms with Crippen molar-refractivity contribution in [3.05, 3.63) is 0 Å². The molecular weight excluding hydrogens is 164 g/mol. The molecule has 0 aliphatic carbocycles. The van der Waals surface area contributed by atoms with Crippen molar-refractivity contribution in [1.29, 1.82) is 0 Å². The number of aliphatic hydroxyl groups is 2. The van der Waals surface area contributed by atoms with Crippen molar-refractivity contribution in [2.75, 3.05) is 6.61 Å². The molecule has 0 saturated carbocycles. The van der Waals surface area contributed by atoms with Gasteiger partial charge in [0.2, 0.25) is 0 Å². The molecule has 0 amide bonds.